The number of aromatic nitrogens is 1. The van der Waals surface area contributed by atoms with E-state index in [1.54, 1.807) is 40.3 Å². The fourth-order valence-corrected chi connectivity index (χ4v) is 2.74. The van der Waals surface area contributed by atoms with Crippen LogP contribution in [0.2, 0.25) is 0 Å². The second-order valence-electron chi connectivity index (χ2n) is 6.12. The number of pyridine rings is 1. The molecule has 2 amide bonds. The zero-order valence-electron chi connectivity index (χ0n) is 14.5. The quantitative estimate of drug-likeness (QED) is 0.657. The highest BCUT2D eigenvalue weighted by Crippen LogP contribution is 2.16. The molecule has 0 spiro atoms. The Balaban J connectivity index is 1.62. The van der Waals surface area contributed by atoms with Crippen molar-refractivity contribution < 1.29 is 14.4 Å². The average Bonchev–Trinajstić information content (AvgIpc) is 2.68. The van der Waals surface area contributed by atoms with Gasteiger partial charge < -0.3 is 15.1 Å². The van der Waals surface area contributed by atoms with Crippen molar-refractivity contribution in [1.29, 1.82) is 0 Å². The van der Waals surface area contributed by atoms with Crippen LogP contribution >= 0.6 is 0 Å². The first-order valence-corrected chi connectivity index (χ1v) is 8.39. The number of Topliss-reactive ketones (excluding diaryl/α,β-unsaturated/α-hetero) is 1. The van der Waals surface area contributed by atoms with Gasteiger partial charge in [0.15, 0.2) is 5.78 Å². The van der Waals surface area contributed by atoms with Gasteiger partial charge in [-0.05, 0) is 43.3 Å². The molecule has 0 unspecified atom stereocenters. The predicted octanol–water partition coefficient (Wildman–Crippen LogP) is 1.94. The first kappa shape index (κ1) is 17.6. The summed E-state index contributed by atoms with van der Waals surface area (Å²) >= 11 is 0. The number of carbonyl (C=O) groups excluding carboxylic acids is 3. The van der Waals surface area contributed by atoms with E-state index >= 15 is 0 Å². The lowest BCUT2D eigenvalue weighted by atomic mass is 10.1. The molecule has 1 aromatic carbocycles. The summed E-state index contributed by atoms with van der Waals surface area (Å²) in [5.74, 6) is 0.551. The highest BCUT2D eigenvalue weighted by Gasteiger charge is 2.21. The molecule has 0 bridgehead atoms. The minimum atomic E-state index is -0.0830. The molecule has 7 nitrogen and oxygen atoms in total. The molecule has 0 radical (unpaired) electrons. The number of nitrogens with one attached hydrogen (secondary N) is 1. The summed E-state index contributed by atoms with van der Waals surface area (Å²) in [6, 6.07) is 10.6. The Labute approximate surface area is 151 Å². The SMILES string of the molecule is CC(=O)c1ccc(Nc2ccc(C(=O)N3CCN(C=O)CC3)cn2)cc1. The lowest BCUT2D eigenvalue weighted by molar-refractivity contribution is -0.119. The fourth-order valence-electron chi connectivity index (χ4n) is 2.74. The van der Waals surface area contributed by atoms with Crippen molar-refractivity contribution in [2.24, 2.45) is 0 Å². The number of nitrogens with zero attached hydrogens (tertiary/aromatic N) is 3. The molecule has 1 fully saturated rings. The highest BCUT2D eigenvalue weighted by molar-refractivity contribution is 5.95. The zero-order chi connectivity index (χ0) is 18.5. The second-order valence-corrected chi connectivity index (χ2v) is 6.12. The van der Waals surface area contributed by atoms with E-state index in [4.69, 9.17) is 0 Å². The van der Waals surface area contributed by atoms with E-state index in [2.05, 4.69) is 10.3 Å². The maximum Gasteiger partial charge on any atom is 0.255 e. The molecule has 0 aliphatic carbocycles. The van der Waals surface area contributed by atoms with Crippen LogP contribution in [0.4, 0.5) is 11.5 Å². The summed E-state index contributed by atoms with van der Waals surface area (Å²) in [5.41, 5.74) is 1.98. The van der Waals surface area contributed by atoms with Gasteiger partial charge in [-0.2, -0.15) is 0 Å². The van der Waals surface area contributed by atoms with Gasteiger partial charge in [-0.15, -0.1) is 0 Å². The van der Waals surface area contributed by atoms with Crippen LogP contribution in [0, 0.1) is 0 Å². The van der Waals surface area contributed by atoms with Crippen LogP contribution in [-0.2, 0) is 4.79 Å². The molecular weight excluding hydrogens is 332 g/mol. The number of piperazine rings is 1. The molecular formula is C19H20N4O3. The fraction of sp³-hybridized carbons (Fsp3) is 0.263. The Morgan fingerprint density at radius 3 is 2.19 bits per heavy atom. The Morgan fingerprint density at radius 1 is 1.00 bits per heavy atom. The summed E-state index contributed by atoms with van der Waals surface area (Å²) in [6.45, 7) is 3.69. The van der Waals surface area contributed by atoms with Crippen LogP contribution in [0.1, 0.15) is 27.6 Å². The number of hydrogen-bond donors (Lipinski definition) is 1. The topological polar surface area (TPSA) is 82.6 Å². The first-order valence-electron chi connectivity index (χ1n) is 8.39. The molecule has 7 heteroatoms. The number of carbonyl (C=O) groups is 3. The normalized spacial score (nSPS) is 14.0. The van der Waals surface area contributed by atoms with E-state index in [1.165, 1.54) is 6.92 Å². The van der Waals surface area contributed by atoms with E-state index in [1.807, 2.05) is 12.1 Å². The van der Waals surface area contributed by atoms with Crippen LogP contribution < -0.4 is 5.32 Å². The molecule has 134 valence electrons. The first-order chi connectivity index (χ1) is 12.6. The van der Waals surface area contributed by atoms with Gasteiger partial charge in [-0.25, -0.2) is 4.98 Å². The summed E-state index contributed by atoms with van der Waals surface area (Å²) in [5, 5.41) is 3.14. The summed E-state index contributed by atoms with van der Waals surface area (Å²) < 4.78 is 0. The summed E-state index contributed by atoms with van der Waals surface area (Å²) in [7, 11) is 0. The number of ketones is 1. The van der Waals surface area contributed by atoms with Gasteiger partial charge in [-0.3, -0.25) is 14.4 Å². The van der Waals surface area contributed by atoms with Crippen LogP contribution in [0.15, 0.2) is 42.6 Å². The molecule has 2 aromatic rings. The predicted molar refractivity (Wildman–Crippen MR) is 97.5 cm³/mol. The summed E-state index contributed by atoms with van der Waals surface area (Å²) in [4.78, 5) is 42.2. The van der Waals surface area contributed by atoms with E-state index in [9.17, 15) is 14.4 Å². The largest absolute Gasteiger partial charge is 0.342 e. The van der Waals surface area contributed by atoms with Crippen molar-refractivity contribution >= 4 is 29.6 Å². The number of benzene rings is 1. The van der Waals surface area contributed by atoms with Crippen LogP contribution in [0.25, 0.3) is 0 Å². The van der Waals surface area contributed by atoms with Crippen molar-refractivity contribution in [2.45, 2.75) is 6.92 Å². The Kier molecular flexibility index (Phi) is 5.26. The molecule has 1 N–H and O–H groups in total. The molecule has 1 aliphatic heterocycles. The number of hydrogen-bond acceptors (Lipinski definition) is 5. The molecule has 26 heavy (non-hydrogen) atoms. The summed E-state index contributed by atoms with van der Waals surface area (Å²) in [6.07, 6.45) is 2.35. The van der Waals surface area contributed by atoms with E-state index in [-0.39, 0.29) is 11.7 Å². The number of anilines is 2. The van der Waals surface area contributed by atoms with Gasteiger partial charge in [0.25, 0.3) is 5.91 Å². The third kappa shape index (κ3) is 4.05. The van der Waals surface area contributed by atoms with Gasteiger partial charge in [0.1, 0.15) is 5.82 Å². The minimum Gasteiger partial charge on any atom is -0.342 e. The second kappa shape index (κ2) is 7.77. The van der Waals surface area contributed by atoms with E-state index in [0.29, 0.717) is 43.1 Å². The molecule has 0 atom stereocenters. The maximum absolute atomic E-state index is 12.5. The minimum absolute atomic E-state index is 0.0199. The maximum atomic E-state index is 12.5. The third-order valence-corrected chi connectivity index (χ3v) is 4.32. The van der Waals surface area contributed by atoms with Crippen LogP contribution in [-0.4, -0.2) is 59.1 Å². The van der Waals surface area contributed by atoms with Gasteiger partial charge >= 0.3 is 0 Å². The van der Waals surface area contributed by atoms with Gasteiger partial charge in [0, 0.05) is 43.6 Å². The van der Waals surface area contributed by atoms with Crippen molar-refractivity contribution in [2.75, 3.05) is 31.5 Å². The van der Waals surface area contributed by atoms with Gasteiger partial charge in [0.2, 0.25) is 6.41 Å². The van der Waals surface area contributed by atoms with Crippen LogP contribution in [0.5, 0.6) is 0 Å². The van der Waals surface area contributed by atoms with Crippen molar-refractivity contribution in [3.8, 4) is 0 Å². The van der Waals surface area contributed by atoms with Gasteiger partial charge in [-0.1, -0.05) is 0 Å². The smallest absolute Gasteiger partial charge is 0.255 e. The molecule has 2 heterocycles. The number of rotatable bonds is 5. The zero-order valence-corrected chi connectivity index (χ0v) is 14.5. The third-order valence-electron chi connectivity index (χ3n) is 4.32. The van der Waals surface area contributed by atoms with E-state index in [0.717, 1.165) is 12.1 Å². The van der Waals surface area contributed by atoms with E-state index < -0.39 is 0 Å². The standard InChI is InChI=1S/C19H20N4O3/c1-14(25)15-2-5-17(6-3-15)21-18-7-4-16(12-20-18)19(26)23-10-8-22(13-24)9-11-23/h2-7,12-13H,8-11H2,1H3,(H,20,21). The molecule has 1 aromatic heterocycles. The van der Waals surface area contributed by atoms with Crippen molar-refractivity contribution in [1.82, 2.24) is 14.8 Å². The van der Waals surface area contributed by atoms with Crippen LogP contribution in [0.3, 0.4) is 0 Å². The molecule has 1 saturated heterocycles. The Morgan fingerprint density at radius 2 is 1.65 bits per heavy atom. The van der Waals surface area contributed by atoms with Crippen molar-refractivity contribution in [3.05, 3.63) is 53.7 Å². The highest BCUT2D eigenvalue weighted by atomic mass is 16.2. The lowest BCUT2D eigenvalue weighted by Gasteiger charge is -2.32. The Hall–Kier alpha value is -3.22. The van der Waals surface area contributed by atoms with Crippen molar-refractivity contribution in [3.63, 3.8) is 0 Å². The average molecular weight is 352 g/mol. The molecule has 1 aliphatic rings. The molecule has 0 saturated carbocycles. The molecule has 3 rings (SSSR count). The number of amides is 2. The van der Waals surface area contributed by atoms with Gasteiger partial charge in [0.05, 0.1) is 5.56 Å². The monoisotopic (exact) mass is 352 g/mol. The lowest BCUT2D eigenvalue weighted by Crippen LogP contribution is -2.48. The Bertz CT molecular complexity index is 795.